The van der Waals surface area contributed by atoms with E-state index in [-0.39, 0.29) is 5.82 Å². The SMILES string of the molecule is Cc1cccc(N2CCN(C[C@H](O)c3ccccc3F)CC2)c1. The van der Waals surface area contributed by atoms with Gasteiger partial charge in [-0.3, -0.25) is 4.90 Å². The van der Waals surface area contributed by atoms with Crippen molar-refractivity contribution in [1.29, 1.82) is 0 Å². The average Bonchev–Trinajstić information content (AvgIpc) is 2.56. The molecule has 1 aliphatic rings. The van der Waals surface area contributed by atoms with E-state index in [1.807, 2.05) is 0 Å². The zero-order valence-corrected chi connectivity index (χ0v) is 13.5. The van der Waals surface area contributed by atoms with Gasteiger partial charge in [0.15, 0.2) is 0 Å². The lowest BCUT2D eigenvalue weighted by molar-refractivity contribution is 0.106. The molecule has 122 valence electrons. The highest BCUT2D eigenvalue weighted by atomic mass is 19.1. The maximum atomic E-state index is 13.7. The summed E-state index contributed by atoms with van der Waals surface area (Å²) in [5, 5.41) is 10.3. The summed E-state index contributed by atoms with van der Waals surface area (Å²) in [5.74, 6) is -0.335. The van der Waals surface area contributed by atoms with Crippen LogP contribution in [0.25, 0.3) is 0 Å². The van der Waals surface area contributed by atoms with Gasteiger partial charge < -0.3 is 10.0 Å². The Hall–Kier alpha value is -1.91. The monoisotopic (exact) mass is 314 g/mol. The zero-order chi connectivity index (χ0) is 16.2. The first-order chi connectivity index (χ1) is 11.1. The number of nitrogens with zero attached hydrogens (tertiary/aromatic N) is 2. The van der Waals surface area contributed by atoms with Crippen molar-refractivity contribution in [3.05, 3.63) is 65.5 Å². The van der Waals surface area contributed by atoms with Crippen molar-refractivity contribution < 1.29 is 9.50 Å². The summed E-state index contributed by atoms with van der Waals surface area (Å²) >= 11 is 0. The van der Waals surface area contributed by atoms with Crippen molar-refractivity contribution in [3.63, 3.8) is 0 Å². The van der Waals surface area contributed by atoms with Gasteiger partial charge in [-0.15, -0.1) is 0 Å². The smallest absolute Gasteiger partial charge is 0.129 e. The lowest BCUT2D eigenvalue weighted by Gasteiger charge is -2.37. The number of rotatable bonds is 4. The van der Waals surface area contributed by atoms with E-state index >= 15 is 0 Å². The fourth-order valence-corrected chi connectivity index (χ4v) is 3.10. The molecule has 3 nitrogen and oxygen atoms in total. The van der Waals surface area contributed by atoms with Crippen LogP contribution in [0.1, 0.15) is 17.2 Å². The van der Waals surface area contributed by atoms with Crippen LogP contribution in [0, 0.1) is 12.7 Å². The molecule has 23 heavy (non-hydrogen) atoms. The number of β-amino-alcohol motifs (C(OH)–C–C–N with tert-alkyl or cyclic N) is 1. The fraction of sp³-hybridized carbons (Fsp3) is 0.368. The van der Waals surface area contributed by atoms with Gasteiger partial charge >= 0.3 is 0 Å². The Balaban J connectivity index is 1.56. The zero-order valence-electron chi connectivity index (χ0n) is 13.5. The first kappa shape index (κ1) is 16.0. The molecule has 1 fully saturated rings. The summed E-state index contributed by atoms with van der Waals surface area (Å²) in [5.41, 5.74) is 2.90. The van der Waals surface area contributed by atoms with Crippen molar-refractivity contribution in [2.45, 2.75) is 13.0 Å². The molecule has 1 N–H and O–H groups in total. The number of aryl methyl sites for hydroxylation is 1. The van der Waals surface area contributed by atoms with E-state index in [0.29, 0.717) is 12.1 Å². The number of benzene rings is 2. The van der Waals surface area contributed by atoms with Crippen molar-refractivity contribution in [2.24, 2.45) is 0 Å². The van der Waals surface area contributed by atoms with Crippen molar-refractivity contribution in [2.75, 3.05) is 37.6 Å². The van der Waals surface area contributed by atoms with E-state index in [0.717, 1.165) is 26.2 Å². The van der Waals surface area contributed by atoms with Crippen LogP contribution in [-0.4, -0.2) is 42.7 Å². The van der Waals surface area contributed by atoms with Gasteiger partial charge in [0.2, 0.25) is 0 Å². The molecular formula is C19H23FN2O. The van der Waals surface area contributed by atoms with Gasteiger partial charge in [0.25, 0.3) is 0 Å². The first-order valence-electron chi connectivity index (χ1n) is 8.10. The Labute approximate surface area is 137 Å². The maximum absolute atomic E-state index is 13.7. The van der Waals surface area contributed by atoms with E-state index < -0.39 is 6.10 Å². The number of hydrogen-bond acceptors (Lipinski definition) is 3. The highest BCUT2D eigenvalue weighted by Gasteiger charge is 2.21. The summed E-state index contributed by atoms with van der Waals surface area (Å²) in [6.07, 6.45) is -0.776. The largest absolute Gasteiger partial charge is 0.387 e. The lowest BCUT2D eigenvalue weighted by atomic mass is 10.1. The minimum absolute atomic E-state index is 0.335. The van der Waals surface area contributed by atoms with Crippen LogP contribution in [0.3, 0.4) is 0 Å². The number of aliphatic hydroxyl groups is 1. The van der Waals surface area contributed by atoms with Gasteiger partial charge in [-0.2, -0.15) is 0 Å². The first-order valence-corrected chi connectivity index (χ1v) is 8.10. The molecule has 1 saturated heterocycles. The molecule has 0 saturated carbocycles. The van der Waals surface area contributed by atoms with Crippen LogP contribution in [0.4, 0.5) is 10.1 Å². The minimum Gasteiger partial charge on any atom is -0.387 e. The molecule has 0 aliphatic carbocycles. The fourth-order valence-electron chi connectivity index (χ4n) is 3.10. The van der Waals surface area contributed by atoms with Gasteiger partial charge in [0.1, 0.15) is 5.82 Å². The highest BCUT2D eigenvalue weighted by molar-refractivity contribution is 5.48. The summed E-state index contributed by atoms with van der Waals surface area (Å²) < 4.78 is 13.7. The topological polar surface area (TPSA) is 26.7 Å². The standard InChI is InChI=1S/C19H23FN2O/c1-15-5-4-6-16(13-15)22-11-9-21(10-12-22)14-19(23)17-7-2-3-8-18(17)20/h2-8,13,19,23H,9-12,14H2,1H3/t19-/m0/s1. The van der Waals surface area contributed by atoms with Gasteiger partial charge in [-0.25, -0.2) is 4.39 Å². The second-order valence-electron chi connectivity index (χ2n) is 6.16. The minimum atomic E-state index is -0.776. The number of halogens is 1. The molecule has 1 aliphatic heterocycles. The van der Waals surface area contributed by atoms with Gasteiger partial charge in [0.05, 0.1) is 6.10 Å². The Morgan fingerprint density at radius 1 is 1.04 bits per heavy atom. The van der Waals surface area contributed by atoms with Crippen LogP contribution in [0.5, 0.6) is 0 Å². The molecule has 4 heteroatoms. The molecule has 0 amide bonds. The van der Waals surface area contributed by atoms with Crippen LogP contribution in [0.2, 0.25) is 0 Å². The molecule has 1 heterocycles. The van der Waals surface area contributed by atoms with E-state index in [1.54, 1.807) is 18.2 Å². The molecule has 3 rings (SSSR count). The van der Waals surface area contributed by atoms with Crippen LogP contribution < -0.4 is 4.90 Å². The molecule has 0 unspecified atom stereocenters. The Morgan fingerprint density at radius 3 is 2.48 bits per heavy atom. The van der Waals surface area contributed by atoms with Crippen molar-refractivity contribution in [3.8, 4) is 0 Å². The Bertz CT molecular complexity index is 653. The second kappa shape index (κ2) is 7.11. The van der Waals surface area contributed by atoms with Crippen LogP contribution in [-0.2, 0) is 0 Å². The van der Waals surface area contributed by atoms with Crippen LogP contribution >= 0.6 is 0 Å². The molecule has 0 spiro atoms. The normalized spacial score (nSPS) is 17.3. The Morgan fingerprint density at radius 2 is 1.78 bits per heavy atom. The lowest BCUT2D eigenvalue weighted by Crippen LogP contribution is -2.47. The second-order valence-corrected chi connectivity index (χ2v) is 6.16. The number of aliphatic hydroxyl groups excluding tert-OH is 1. The molecule has 0 aromatic heterocycles. The predicted molar refractivity (Wildman–Crippen MR) is 91.2 cm³/mol. The van der Waals surface area contributed by atoms with E-state index in [9.17, 15) is 9.50 Å². The van der Waals surface area contributed by atoms with Gasteiger partial charge in [0, 0.05) is 44.0 Å². The average molecular weight is 314 g/mol. The predicted octanol–water partition coefficient (Wildman–Crippen LogP) is 2.99. The number of anilines is 1. The summed E-state index contributed by atoms with van der Waals surface area (Å²) in [4.78, 5) is 4.56. The van der Waals surface area contributed by atoms with E-state index in [2.05, 4.69) is 41.0 Å². The third kappa shape index (κ3) is 3.89. The highest BCUT2D eigenvalue weighted by Crippen LogP contribution is 2.21. The van der Waals surface area contributed by atoms with Crippen molar-refractivity contribution >= 4 is 5.69 Å². The molecular weight excluding hydrogens is 291 g/mol. The molecule has 0 bridgehead atoms. The van der Waals surface area contributed by atoms with Crippen LogP contribution in [0.15, 0.2) is 48.5 Å². The maximum Gasteiger partial charge on any atom is 0.129 e. The molecule has 2 aromatic rings. The van der Waals surface area contributed by atoms with Gasteiger partial charge in [-0.1, -0.05) is 30.3 Å². The summed E-state index contributed by atoms with van der Waals surface area (Å²) in [6.45, 7) is 6.17. The molecule has 1 atom stereocenters. The third-order valence-electron chi connectivity index (χ3n) is 4.43. The Kier molecular flexibility index (Phi) is 4.94. The van der Waals surface area contributed by atoms with E-state index in [4.69, 9.17) is 0 Å². The number of piperazine rings is 1. The van der Waals surface area contributed by atoms with Gasteiger partial charge in [-0.05, 0) is 30.7 Å². The summed E-state index contributed by atoms with van der Waals surface area (Å²) in [6, 6.07) is 15.0. The van der Waals surface area contributed by atoms with E-state index in [1.165, 1.54) is 17.3 Å². The van der Waals surface area contributed by atoms with Crippen molar-refractivity contribution in [1.82, 2.24) is 4.90 Å². The molecule has 0 radical (unpaired) electrons. The third-order valence-corrected chi connectivity index (χ3v) is 4.43. The summed E-state index contributed by atoms with van der Waals surface area (Å²) in [7, 11) is 0. The molecule has 2 aromatic carbocycles. The number of hydrogen-bond donors (Lipinski definition) is 1. The quantitative estimate of drug-likeness (QED) is 0.940.